The number of methoxy groups -OCH3 is 2. The van der Waals surface area contributed by atoms with Crippen molar-refractivity contribution in [3.05, 3.63) is 47.1 Å². The number of pyridine rings is 2. The van der Waals surface area contributed by atoms with Crippen LogP contribution in [0.25, 0.3) is 21.9 Å². The van der Waals surface area contributed by atoms with E-state index in [0.29, 0.717) is 22.6 Å². The summed E-state index contributed by atoms with van der Waals surface area (Å²) in [6.07, 6.45) is 9.80. The topological polar surface area (TPSA) is 77.9 Å². The Labute approximate surface area is 212 Å². The van der Waals surface area contributed by atoms with Gasteiger partial charge in [0.25, 0.3) is 5.56 Å². The molecule has 2 aliphatic heterocycles. The largest absolute Gasteiger partial charge is 0.493 e. The van der Waals surface area contributed by atoms with Crippen LogP contribution in [0, 0.1) is 5.92 Å². The summed E-state index contributed by atoms with van der Waals surface area (Å²) < 4.78 is 19.6. The lowest BCUT2D eigenvalue weighted by atomic mass is 9.96. The van der Waals surface area contributed by atoms with Crippen molar-refractivity contribution < 1.29 is 14.2 Å². The van der Waals surface area contributed by atoms with E-state index in [2.05, 4.69) is 15.2 Å². The van der Waals surface area contributed by atoms with Gasteiger partial charge in [-0.2, -0.15) is 0 Å². The molecule has 0 bridgehead atoms. The quantitative estimate of drug-likeness (QED) is 0.541. The molecule has 5 rings (SSSR count). The lowest BCUT2D eigenvalue weighted by Gasteiger charge is -2.35. The van der Waals surface area contributed by atoms with Gasteiger partial charge in [0.05, 0.1) is 19.6 Å². The first-order valence-corrected chi connectivity index (χ1v) is 12.9. The van der Waals surface area contributed by atoms with E-state index < -0.39 is 0 Å². The molecule has 2 aromatic heterocycles. The summed E-state index contributed by atoms with van der Waals surface area (Å²) >= 11 is 0. The van der Waals surface area contributed by atoms with Crippen LogP contribution in [0.4, 0.5) is 0 Å². The number of aromatic nitrogens is 2. The van der Waals surface area contributed by atoms with E-state index in [0.717, 1.165) is 61.5 Å². The summed E-state index contributed by atoms with van der Waals surface area (Å²) in [4.78, 5) is 19.4. The van der Waals surface area contributed by atoms with Gasteiger partial charge in [0.1, 0.15) is 6.10 Å². The van der Waals surface area contributed by atoms with Gasteiger partial charge in [-0.3, -0.25) is 9.78 Å². The molecule has 3 aromatic rings. The number of hydrogen-bond donors (Lipinski definition) is 1. The predicted octanol–water partition coefficient (Wildman–Crippen LogP) is 3.46. The normalized spacial score (nSPS) is 17.9. The molecule has 8 nitrogen and oxygen atoms in total. The maximum absolute atomic E-state index is 12.6. The van der Waals surface area contributed by atoms with Crippen LogP contribution < -0.4 is 25.1 Å². The molecule has 0 unspecified atom stereocenters. The highest BCUT2D eigenvalue weighted by Gasteiger charge is 2.26. The first-order chi connectivity index (χ1) is 17.6. The van der Waals surface area contributed by atoms with Crippen LogP contribution in [0.2, 0.25) is 0 Å². The number of likely N-dealkylation sites (tertiary alicyclic amines) is 1. The van der Waals surface area contributed by atoms with Gasteiger partial charge in [-0.15, -0.1) is 0 Å². The second kappa shape index (κ2) is 10.9. The standard InChI is InChI=1S/C28H36N4O4/c1-31-18-24(22-6-11-30-16-23(22)28(31)33)20-14-25(34-2)27(26(15-20)35-3)36-21-7-12-32(13-8-21)17-19-4-9-29-10-5-19/h6,11,14-16,18-19,21,29H,4-5,7-10,12-13,17H2,1-3H3. The minimum atomic E-state index is -0.0766. The maximum Gasteiger partial charge on any atom is 0.259 e. The molecule has 1 N–H and O–H groups in total. The first kappa shape index (κ1) is 24.6. The highest BCUT2D eigenvalue weighted by Crippen LogP contribution is 2.43. The fourth-order valence-electron chi connectivity index (χ4n) is 5.50. The highest BCUT2D eigenvalue weighted by molar-refractivity contribution is 5.96. The van der Waals surface area contributed by atoms with E-state index in [-0.39, 0.29) is 11.7 Å². The van der Waals surface area contributed by atoms with E-state index in [1.165, 1.54) is 19.4 Å². The lowest BCUT2D eigenvalue weighted by Crippen LogP contribution is -2.42. The Morgan fingerprint density at radius 3 is 2.39 bits per heavy atom. The van der Waals surface area contributed by atoms with Crippen LogP contribution in [-0.4, -0.2) is 67.5 Å². The zero-order chi connectivity index (χ0) is 25.1. The zero-order valence-corrected chi connectivity index (χ0v) is 21.5. The Morgan fingerprint density at radius 2 is 1.72 bits per heavy atom. The second-order valence-corrected chi connectivity index (χ2v) is 9.90. The van der Waals surface area contributed by atoms with E-state index in [1.807, 2.05) is 24.4 Å². The predicted molar refractivity (Wildman–Crippen MR) is 141 cm³/mol. The SMILES string of the molecule is COc1cc(-c2cn(C)c(=O)c3cnccc23)cc(OC)c1OC1CCN(CC2CCNCC2)CC1. The number of rotatable bonds is 7. The molecule has 0 amide bonds. The molecule has 4 heterocycles. The van der Waals surface area contributed by atoms with Crippen LogP contribution in [0.5, 0.6) is 17.2 Å². The summed E-state index contributed by atoms with van der Waals surface area (Å²) in [5.74, 6) is 2.69. The minimum Gasteiger partial charge on any atom is -0.493 e. The molecule has 8 heteroatoms. The van der Waals surface area contributed by atoms with Gasteiger partial charge in [0.15, 0.2) is 11.5 Å². The van der Waals surface area contributed by atoms with Gasteiger partial charge in [-0.1, -0.05) is 0 Å². The fourth-order valence-corrected chi connectivity index (χ4v) is 5.50. The molecule has 0 spiro atoms. The van der Waals surface area contributed by atoms with Gasteiger partial charge in [0.2, 0.25) is 5.75 Å². The summed E-state index contributed by atoms with van der Waals surface area (Å²) in [7, 11) is 5.05. The number of hydrogen-bond acceptors (Lipinski definition) is 7. The summed E-state index contributed by atoms with van der Waals surface area (Å²) in [5, 5.41) is 4.87. The van der Waals surface area contributed by atoms with Crippen LogP contribution in [-0.2, 0) is 7.05 Å². The second-order valence-electron chi connectivity index (χ2n) is 9.90. The average molecular weight is 493 g/mol. The number of aryl methyl sites for hydroxylation is 1. The van der Waals surface area contributed by atoms with Crippen LogP contribution >= 0.6 is 0 Å². The maximum atomic E-state index is 12.6. The summed E-state index contributed by atoms with van der Waals surface area (Å²) in [5.41, 5.74) is 1.72. The van der Waals surface area contributed by atoms with Crippen LogP contribution in [0.1, 0.15) is 25.7 Å². The highest BCUT2D eigenvalue weighted by atomic mass is 16.5. The molecule has 2 aliphatic rings. The zero-order valence-electron chi connectivity index (χ0n) is 21.5. The molecular formula is C28H36N4O4. The average Bonchev–Trinajstić information content (AvgIpc) is 2.92. The Kier molecular flexibility index (Phi) is 7.43. The van der Waals surface area contributed by atoms with Crippen molar-refractivity contribution in [1.82, 2.24) is 19.8 Å². The third-order valence-corrected chi connectivity index (χ3v) is 7.55. The number of fused-ring (bicyclic) bond motifs is 1. The van der Waals surface area contributed by atoms with Gasteiger partial charge in [0, 0.05) is 50.8 Å². The van der Waals surface area contributed by atoms with E-state index >= 15 is 0 Å². The van der Waals surface area contributed by atoms with Gasteiger partial charge in [-0.25, -0.2) is 0 Å². The number of benzene rings is 1. The molecule has 0 aliphatic carbocycles. The number of nitrogens with one attached hydrogen (secondary N) is 1. The fraction of sp³-hybridized carbons (Fsp3) is 0.500. The molecule has 36 heavy (non-hydrogen) atoms. The van der Waals surface area contributed by atoms with E-state index in [4.69, 9.17) is 14.2 Å². The molecule has 2 fully saturated rings. The number of nitrogens with zero attached hydrogens (tertiary/aromatic N) is 3. The van der Waals surface area contributed by atoms with Crippen LogP contribution in [0.15, 0.2) is 41.6 Å². The summed E-state index contributed by atoms with van der Waals surface area (Å²) in [6, 6.07) is 5.79. The Morgan fingerprint density at radius 1 is 1.03 bits per heavy atom. The molecule has 0 atom stereocenters. The number of piperidine rings is 2. The van der Waals surface area contributed by atoms with Crippen molar-refractivity contribution in [3.8, 4) is 28.4 Å². The third kappa shape index (κ3) is 5.06. The first-order valence-electron chi connectivity index (χ1n) is 12.9. The molecule has 192 valence electrons. The minimum absolute atomic E-state index is 0.0766. The smallest absolute Gasteiger partial charge is 0.259 e. The number of ether oxygens (including phenoxy) is 3. The van der Waals surface area contributed by atoms with E-state index in [1.54, 1.807) is 38.2 Å². The molecular weight excluding hydrogens is 456 g/mol. The lowest BCUT2D eigenvalue weighted by molar-refractivity contribution is 0.0831. The molecule has 0 radical (unpaired) electrons. The van der Waals surface area contributed by atoms with Gasteiger partial charge >= 0.3 is 0 Å². The molecule has 2 saturated heterocycles. The van der Waals surface area contributed by atoms with Crippen molar-refractivity contribution in [2.45, 2.75) is 31.8 Å². The monoisotopic (exact) mass is 492 g/mol. The van der Waals surface area contributed by atoms with Crippen molar-refractivity contribution in [3.63, 3.8) is 0 Å². The Balaban J connectivity index is 1.37. The van der Waals surface area contributed by atoms with Gasteiger partial charge < -0.3 is 29.0 Å². The van der Waals surface area contributed by atoms with E-state index in [9.17, 15) is 4.79 Å². The van der Waals surface area contributed by atoms with Crippen molar-refractivity contribution in [2.75, 3.05) is 46.9 Å². The van der Waals surface area contributed by atoms with Crippen molar-refractivity contribution in [1.29, 1.82) is 0 Å². The third-order valence-electron chi connectivity index (χ3n) is 7.55. The molecule has 1 aromatic carbocycles. The molecule has 0 saturated carbocycles. The summed E-state index contributed by atoms with van der Waals surface area (Å²) in [6.45, 7) is 5.58. The van der Waals surface area contributed by atoms with Crippen LogP contribution in [0.3, 0.4) is 0 Å². The Hall–Kier alpha value is -3.10. The van der Waals surface area contributed by atoms with Gasteiger partial charge in [-0.05, 0) is 73.8 Å². The van der Waals surface area contributed by atoms with Crippen molar-refractivity contribution in [2.24, 2.45) is 13.0 Å². The van der Waals surface area contributed by atoms with Crippen molar-refractivity contribution >= 4 is 10.8 Å². The Bertz CT molecular complexity index is 1240.